The van der Waals surface area contributed by atoms with Crippen LogP contribution in [0.5, 0.6) is 0 Å². The Morgan fingerprint density at radius 2 is 2.05 bits per heavy atom. The lowest BCUT2D eigenvalue weighted by Crippen LogP contribution is -2.51. The predicted octanol–water partition coefficient (Wildman–Crippen LogP) is 1.44. The van der Waals surface area contributed by atoms with Gasteiger partial charge in [0.05, 0.1) is 0 Å². The van der Waals surface area contributed by atoms with Crippen LogP contribution in [0, 0.1) is 5.92 Å². The maximum atomic E-state index is 12.6. The van der Waals surface area contributed by atoms with E-state index < -0.39 is 22.9 Å². The average Bonchev–Trinajstić information content (AvgIpc) is 2.37. The molecule has 0 spiro atoms. The van der Waals surface area contributed by atoms with E-state index in [-0.39, 0.29) is 19.0 Å². The molecule has 1 saturated heterocycles. The molecule has 1 unspecified atom stereocenters. The largest absolute Gasteiger partial charge is 0.402 e. The van der Waals surface area contributed by atoms with Gasteiger partial charge in [-0.15, -0.1) is 0 Å². The summed E-state index contributed by atoms with van der Waals surface area (Å²) in [5.74, 6) is 0.146. The quantitative estimate of drug-likeness (QED) is 0.768. The molecule has 5 nitrogen and oxygen atoms in total. The fourth-order valence-electron chi connectivity index (χ4n) is 2.58. The molecule has 1 heterocycles. The molecule has 0 aliphatic carbocycles. The first kappa shape index (κ1) is 18.7. The Hall–Kier alpha value is -0.380. The summed E-state index contributed by atoms with van der Waals surface area (Å²) in [7, 11) is -2.27. The van der Waals surface area contributed by atoms with Gasteiger partial charge >= 0.3 is 6.18 Å². The van der Waals surface area contributed by atoms with Crippen molar-refractivity contribution < 1.29 is 21.6 Å². The second-order valence-corrected chi connectivity index (χ2v) is 7.31. The summed E-state index contributed by atoms with van der Waals surface area (Å²) in [4.78, 5) is 0. The van der Waals surface area contributed by atoms with Gasteiger partial charge in [-0.3, -0.25) is 0 Å². The van der Waals surface area contributed by atoms with E-state index in [1.807, 2.05) is 0 Å². The molecule has 1 fully saturated rings. The summed E-state index contributed by atoms with van der Waals surface area (Å²) >= 11 is 0. The molecule has 1 aliphatic heterocycles. The van der Waals surface area contributed by atoms with Gasteiger partial charge in [-0.25, -0.2) is 0 Å². The van der Waals surface area contributed by atoms with Crippen molar-refractivity contribution in [2.24, 2.45) is 5.92 Å². The molecule has 0 saturated carbocycles. The van der Waals surface area contributed by atoms with Crippen molar-refractivity contribution in [3.05, 3.63) is 0 Å². The average molecular weight is 331 g/mol. The molecule has 0 amide bonds. The van der Waals surface area contributed by atoms with E-state index in [4.69, 9.17) is 0 Å². The van der Waals surface area contributed by atoms with Gasteiger partial charge < -0.3 is 5.32 Å². The smallest absolute Gasteiger partial charge is 0.319 e. The van der Waals surface area contributed by atoms with Crippen LogP contribution in [-0.4, -0.2) is 63.0 Å². The van der Waals surface area contributed by atoms with Crippen molar-refractivity contribution >= 4 is 10.2 Å². The minimum absolute atomic E-state index is 0.116. The van der Waals surface area contributed by atoms with Crippen LogP contribution in [0.1, 0.15) is 26.2 Å². The molecule has 9 heteroatoms. The van der Waals surface area contributed by atoms with E-state index in [0.717, 1.165) is 6.42 Å². The number of alkyl halides is 3. The highest BCUT2D eigenvalue weighted by Gasteiger charge is 2.39. The van der Waals surface area contributed by atoms with Crippen LogP contribution in [0.15, 0.2) is 0 Å². The first-order valence-electron chi connectivity index (χ1n) is 7.17. The van der Waals surface area contributed by atoms with Crippen LogP contribution >= 0.6 is 0 Å². The molecule has 0 aromatic carbocycles. The molecule has 1 N–H and O–H groups in total. The van der Waals surface area contributed by atoms with Crippen LogP contribution in [0.4, 0.5) is 13.2 Å². The molecule has 1 aliphatic rings. The van der Waals surface area contributed by atoms with Crippen LogP contribution in [-0.2, 0) is 10.2 Å². The Bertz CT molecular complexity index is 412. The van der Waals surface area contributed by atoms with E-state index in [1.54, 1.807) is 14.0 Å². The molecular weight excluding hydrogens is 307 g/mol. The summed E-state index contributed by atoms with van der Waals surface area (Å²) in [5.41, 5.74) is 0. The van der Waals surface area contributed by atoms with Crippen LogP contribution in [0.25, 0.3) is 0 Å². The Morgan fingerprint density at radius 1 is 1.38 bits per heavy atom. The fraction of sp³-hybridized carbons (Fsp3) is 1.00. The van der Waals surface area contributed by atoms with Crippen molar-refractivity contribution in [2.45, 2.75) is 32.4 Å². The minimum Gasteiger partial charge on any atom is -0.319 e. The van der Waals surface area contributed by atoms with Crippen molar-refractivity contribution in [3.63, 3.8) is 0 Å². The Balaban J connectivity index is 2.84. The third-order valence-electron chi connectivity index (χ3n) is 3.46. The predicted molar refractivity (Wildman–Crippen MR) is 75.1 cm³/mol. The monoisotopic (exact) mass is 331 g/mol. The number of halogens is 3. The SMILES string of the molecule is CCCN(CC(F)(F)F)S(=O)(=O)N1CCCC(CNC)C1. The van der Waals surface area contributed by atoms with E-state index in [9.17, 15) is 21.6 Å². The Morgan fingerprint density at radius 3 is 2.57 bits per heavy atom. The van der Waals surface area contributed by atoms with Crippen molar-refractivity contribution in [3.8, 4) is 0 Å². The van der Waals surface area contributed by atoms with Gasteiger partial charge in [0.2, 0.25) is 0 Å². The molecular formula is C12H24F3N3O2S. The maximum Gasteiger partial charge on any atom is 0.402 e. The zero-order chi connectivity index (χ0) is 16.1. The van der Waals surface area contributed by atoms with Gasteiger partial charge in [0, 0.05) is 19.6 Å². The molecule has 126 valence electrons. The van der Waals surface area contributed by atoms with Gasteiger partial charge in [-0.2, -0.15) is 30.2 Å². The van der Waals surface area contributed by atoms with E-state index in [2.05, 4.69) is 5.32 Å². The maximum absolute atomic E-state index is 12.6. The van der Waals surface area contributed by atoms with Crippen LogP contribution < -0.4 is 5.32 Å². The Kier molecular flexibility index (Phi) is 6.89. The molecule has 0 aromatic heterocycles. The van der Waals surface area contributed by atoms with Gasteiger partial charge in [-0.05, 0) is 38.8 Å². The van der Waals surface area contributed by atoms with Gasteiger partial charge in [0.1, 0.15) is 6.54 Å². The zero-order valence-corrected chi connectivity index (χ0v) is 13.3. The number of hydrogen-bond donors (Lipinski definition) is 1. The number of nitrogens with one attached hydrogen (secondary N) is 1. The highest BCUT2D eigenvalue weighted by molar-refractivity contribution is 7.86. The standard InChI is InChI=1S/C12H24F3N3O2S/c1-3-6-18(10-12(13,14)15)21(19,20)17-7-4-5-11(9-17)8-16-2/h11,16H,3-10H2,1-2H3. The summed E-state index contributed by atoms with van der Waals surface area (Å²) in [6.07, 6.45) is -2.61. The normalized spacial score (nSPS) is 21.9. The van der Waals surface area contributed by atoms with Crippen LogP contribution in [0.2, 0.25) is 0 Å². The summed E-state index contributed by atoms with van der Waals surface area (Å²) < 4.78 is 64.4. The summed E-state index contributed by atoms with van der Waals surface area (Å²) in [6, 6.07) is 0. The second kappa shape index (κ2) is 7.75. The van der Waals surface area contributed by atoms with Gasteiger partial charge in [-0.1, -0.05) is 6.92 Å². The molecule has 0 bridgehead atoms. The molecule has 1 atom stereocenters. The number of nitrogens with zero attached hydrogens (tertiary/aromatic N) is 2. The van der Waals surface area contributed by atoms with Crippen molar-refractivity contribution in [1.82, 2.24) is 13.9 Å². The van der Waals surface area contributed by atoms with E-state index in [1.165, 1.54) is 4.31 Å². The van der Waals surface area contributed by atoms with Crippen molar-refractivity contribution in [1.29, 1.82) is 0 Å². The molecule has 0 aromatic rings. The second-order valence-electron chi connectivity index (χ2n) is 5.38. The van der Waals surface area contributed by atoms with E-state index in [0.29, 0.717) is 30.2 Å². The zero-order valence-electron chi connectivity index (χ0n) is 12.5. The molecule has 21 heavy (non-hydrogen) atoms. The highest BCUT2D eigenvalue weighted by Crippen LogP contribution is 2.24. The summed E-state index contributed by atoms with van der Waals surface area (Å²) in [5, 5.41) is 2.99. The highest BCUT2D eigenvalue weighted by atomic mass is 32.2. The Labute approximate surface area is 124 Å². The molecule has 1 rings (SSSR count). The fourth-order valence-corrected chi connectivity index (χ4v) is 4.39. The lowest BCUT2D eigenvalue weighted by atomic mass is 10.00. The van der Waals surface area contributed by atoms with E-state index >= 15 is 0 Å². The number of piperidine rings is 1. The van der Waals surface area contributed by atoms with Gasteiger partial charge in [0.25, 0.3) is 10.2 Å². The van der Waals surface area contributed by atoms with Crippen molar-refractivity contribution in [2.75, 3.05) is 39.8 Å². The number of hydrogen-bond acceptors (Lipinski definition) is 3. The van der Waals surface area contributed by atoms with Gasteiger partial charge in [0.15, 0.2) is 0 Å². The summed E-state index contributed by atoms with van der Waals surface area (Å²) in [6.45, 7) is 1.37. The topological polar surface area (TPSA) is 52.7 Å². The number of rotatable bonds is 7. The third kappa shape index (κ3) is 5.72. The lowest BCUT2D eigenvalue weighted by Gasteiger charge is -2.35. The minimum atomic E-state index is -4.53. The third-order valence-corrected chi connectivity index (χ3v) is 5.40. The van der Waals surface area contributed by atoms with Crippen LogP contribution in [0.3, 0.4) is 0 Å². The molecule has 0 radical (unpaired) electrons. The lowest BCUT2D eigenvalue weighted by molar-refractivity contribution is -0.136. The first-order valence-corrected chi connectivity index (χ1v) is 8.57. The first-order chi connectivity index (χ1) is 9.70.